The molecule has 4 aromatic rings. The van der Waals surface area contributed by atoms with Crippen LogP contribution in [0.5, 0.6) is 0 Å². The summed E-state index contributed by atoms with van der Waals surface area (Å²) < 4.78 is 15.7. The van der Waals surface area contributed by atoms with Crippen LogP contribution < -0.4 is 5.32 Å². The second-order valence-electron chi connectivity index (χ2n) is 9.52. The SMILES string of the molecule is Cc1cnc(Nc2ccnn2C2CC2)nc1-c1nc2c(s1)C(C)(C)N(Cc1cccc(F)c1)C2=O. The van der Waals surface area contributed by atoms with E-state index in [4.69, 9.17) is 9.97 Å². The number of carbonyl (C=O) groups is 1. The molecule has 178 valence electrons. The average molecular weight is 490 g/mol. The molecule has 0 atom stereocenters. The predicted molar refractivity (Wildman–Crippen MR) is 131 cm³/mol. The highest BCUT2D eigenvalue weighted by atomic mass is 32.1. The van der Waals surface area contributed by atoms with Gasteiger partial charge in [-0.25, -0.2) is 24.0 Å². The molecule has 35 heavy (non-hydrogen) atoms. The van der Waals surface area contributed by atoms with Crippen molar-refractivity contribution in [1.82, 2.24) is 29.6 Å². The molecule has 6 rings (SSSR count). The smallest absolute Gasteiger partial charge is 0.274 e. The third-order valence-corrected chi connectivity index (χ3v) is 7.89. The number of thiazole rings is 1. The van der Waals surface area contributed by atoms with Gasteiger partial charge in [-0.3, -0.25) is 4.79 Å². The van der Waals surface area contributed by atoms with E-state index in [0.717, 1.165) is 34.7 Å². The Bertz CT molecular complexity index is 1460. The minimum atomic E-state index is -0.576. The first-order valence-corrected chi connectivity index (χ1v) is 12.3. The number of fused-ring (bicyclic) bond motifs is 1. The van der Waals surface area contributed by atoms with E-state index < -0.39 is 5.54 Å². The maximum absolute atomic E-state index is 13.7. The van der Waals surface area contributed by atoms with Crippen LogP contribution in [0, 0.1) is 12.7 Å². The fourth-order valence-corrected chi connectivity index (χ4v) is 5.65. The summed E-state index contributed by atoms with van der Waals surface area (Å²) in [4.78, 5) is 29.9. The van der Waals surface area contributed by atoms with Gasteiger partial charge in [0, 0.05) is 18.8 Å². The van der Waals surface area contributed by atoms with E-state index in [1.807, 2.05) is 37.6 Å². The van der Waals surface area contributed by atoms with Crippen molar-refractivity contribution in [3.63, 3.8) is 0 Å². The van der Waals surface area contributed by atoms with Crippen LogP contribution in [-0.4, -0.2) is 35.5 Å². The summed E-state index contributed by atoms with van der Waals surface area (Å²) >= 11 is 1.47. The van der Waals surface area contributed by atoms with Crippen LogP contribution in [0.2, 0.25) is 0 Å². The van der Waals surface area contributed by atoms with E-state index >= 15 is 0 Å². The summed E-state index contributed by atoms with van der Waals surface area (Å²) in [5.74, 6) is 0.844. The van der Waals surface area contributed by atoms with E-state index in [2.05, 4.69) is 15.4 Å². The number of anilines is 2. The minimum absolute atomic E-state index is 0.157. The second kappa shape index (κ2) is 7.94. The molecule has 1 N–H and O–H groups in total. The highest BCUT2D eigenvalue weighted by molar-refractivity contribution is 7.15. The molecule has 0 saturated heterocycles. The lowest BCUT2D eigenvalue weighted by atomic mass is 10.0. The number of hydrogen-bond donors (Lipinski definition) is 1. The molecule has 10 heteroatoms. The summed E-state index contributed by atoms with van der Waals surface area (Å²) in [6, 6.07) is 8.69. The Hall–Kier alpha value is -3.66. The molecule has 1 aromatic carbocycles. The quantitative estimate of drug-likeness (QED) is 0.400. The van der Waals surface area contributed by atoms with E-state index in [1.165, 1.54) is 23.5 Å². The van der Waals surface area contributed by atoms with Crippen molar-refractivity contribution in [1.29, 1.82) is 0 Å². The van der Waals surface area contributed by atoms with Gasteiger partial charge in [0.15, 0.2) is 0 Å². The zero-order chi connectivity index (χ0) is 24.3. The summed E-state index contributed by atoms with van der Waals surface area (Å²) in [6.45, 7) is 6.24. The Kier molecular flexibility index (Phi) is 4.96. The summed E-state index contributed by atoms with van der Waals surface area (Å²) in [5, 5.41) is 8.35. The fraction of sp³-hybridized carbons (Fsp3) is 0.320. The molecule has 0 bridgehead atoms. The van der Waals surface area contributed by atoms with Crippen molar-refractivity contribution < 1.29 is 9.18 Å². The van der Waals surface area contributed by atoms with Gasteiger partial charge in [-0.15, -0.1) is 11.3 Å². The third-order valence-electron chi connectivity index (χ3n) is 6.51. The zero-order valence-corrected chi connectivity index (χ0v) is 20.4. The largest absolute Gasteiger partial charge is 0.323 e. The van der Waals surface area contributed by atoms with E-state index in [9.17, 15) is 9.18 Å². The molecule has 0 spiro atoms. The molecule has 1 saturated carbocycles. The summed E-state index contributed by atoms with van der Waals surface area (Å²) in [5.41, 5.74) is 2.17. The molecule has 1 fully saturated rings. The predicted octanol–water partition coefficient (Wildman–Crippen LogP) is 5.21. The van der Waals surface area contributed by atoms with Gasteiger partial charge in [-0.1, -0.05) is 12.1 Å². The van der Waals surface area contributed by atoms with Gasteiger partial charge in [-0.2, -0.15) is 5.10 Å². The number of aryl methyl sites for hydroxylation is 1. The highest BCUT2D eigenvalue weighted by Crippen LogP contribution is 2.45. The summed E-state index contributed by atoms with van der Waals surface area (Å²) in [6.07, 6.45) is 5.78. The Balaban J connectivity index is 1.30. The first kappa shape index (κ1) is 21.8. The van der Waals surface area contributed by atoms with Crippen LogP contribution in [0.15, 0.2) is 42.7 Å². The molecule has 4 heterocycles. The van der Waals surface area contributed by atoms with Gasteiger partial charge in [0.2, 0.25) is 5.95 Å². The number of halogens is 1. The average Bonchev–Trinajstić information content (AvgIpc) is 3.33. The van der Waals surface area contributed by atoms with E-state index in [-0.39, 0.29) is 11.7 Å². The maximum Gasteiger partial charge on any atom is 0.274 e. The first-order valence-electron chi connectivity index (χ1n) is 11.5. The topological polar surface area (TPSA) is 88.8 Å². The zero-order valence-electron chi connectivity index (χ0n) is 19.6. The molecule has 2 aliphatic rings. The number of carbonyl (C=O) groups excluding carboxylic acids is 1. The van der Waals surface area contributed by atoms with Gasteiger partial charge in [0.05, 0.1) is 22.7 Å². The Morgan fingerprint density at radius 3 is 2.77 bits per heavy atom. The number of aromatic nitrogens is 5. The Morgan fingerprint density at radius 2 is 2.03 bits per heavy atom. The van der Waals surface area contributed by atoms with Gasteiger partial charge in [-0.05, 0) is 56.9 Å². The molecular formula is C25H24FN7OS. The number of nitrogens with one attached hydrogen (secondary N) is 1. The van der Waals surface area contributed by atoms with Crippen LogP contribution in [0.1, 0.15) is 59.2 Å². The van der Waals surface area contributed by atoms with Gasteiger partial charge >= 0.3 is 0 Å². The first-order chi connectivity index (χ1) is 16.8. The number of rotatable bonds is 6. The van der Waals surface area contributed by atoms with Crippen LogP contribution in [-0.2, 0) is 12.1 Å². The monoisotopic (exact) mass is 489 g/mol. The molecule has 1 aliphatic carbocycles. The minimum Gasteiger partial charge on any atom is -0.323 e. The van der Waals surface area contributed by atoms with E-state index in [0.29, 0.717) is 34.9 Å². The normalized spacial score (nSPS) is 16.6. The van der Waals surface area contributed by atoms with Crippen LogP contribution >= 0.6 is 11.3 Å². The number of nitrogens with zero attached hydrogens (tertiary/aromatic N) is 6. The molecule has 1 aliphatic heterocycles. The molecule has 0 radical (unpaired) electrons. The van der Waals surface area contributed by atoms with E-state index in [1.54, 1.807) is 23.4 Å². The third kappa shape index (κ3) is 3.78. The molecule has 1 amide bonds. The standard InChI is InChI=1S/C25H24FN7OS/c1-14-12-27-24(29-18-9-10-28-33(18)17-7-8-17)31-19(14)22-30-20-21(35-22)25(2,3)32(23(20)34)13-15-5-4-6-16(26)11-15/h4-6,9-12,17H,7-8,13H2,1-3H3,(H,27,29,31). The van der Waals surface area contributed by atoms with Crippen molar-refractivity contribution in [3.8, 4) is 10.7 Å². The second-order valence-corrected chi connectivity index (χ2v) is 10.5. The molecular weight excluding hydrogens is 465 g/mol. The number of benzene rings is 1. The molecule has 3 aromatic heterocycles. The maximum atomic E-state index is 13.7. The Morgan fingerprint density at radius 1 is 1.20 bits per heavy atom. The molecule has 0 unspecified atom stereocenters. The molecule has 8 nitrogen and oxygen atoms in total. The van der Waals surface area contributed by atoms with Gasteiger partial charge < -0.3 is 10.2 Å². The lowest BCUT2D eigenvalue weighted by molar-refractivity contribution is 0.0595. The van der Waals surface area contributed by atoms with Crippen LogP contribution in [0.4, 0.5) is 16.2 Å². The lowest BCUT2D eigenvalue weighted by Crippen LogP contribution is -2.38. The van der Waals surface area contributed by atoms with Crippen molar-refractivity contribution in [3.05, 3.63) is 70.2 Å². The Labute approximate surface area is 205 Å². The van der Waals surface area contributed by atoms with Gasteiger partial charge in [0.1, 0.15) is 28.0 Å². The van der Waals surface area contributed by atoms with Crippen molar-refractivity contribution in [2.75, 3.05) is 5.32 Å². The van der Waals surface area contributed by atoms with Crippen molar-refractivity contribution in [2.24, 2.45) is 0 Å². The highest BCUT2D eigenvalue weighted by Gasteiger charge is 2.46. The number of amides is 1. The van der Waals surface area contributed by atoms with Crippen molar-refractivity contribution in [2.45, 2.75) is 51.7 Å². The number of hydrogen-bond acceptors (Lipinski definition) is 7. The van der Waals surface area contributed by atoms with Crippen molar-refractivity contribution >= 4 is 29.0 Å². The summed E-state index contributed by atoms with van der Waals surface area (Å²) in [7, 11) is 0. The lowest BCUT2D eigenvalue weighted by Gasteiger charge is -2.32. The van der Waals surface area contributed by atoms with Crippen LogP contribution in [0.25, 0.3) is 10.7 Å². The van der Waals surface area contributed by atoms with Gasteiger partial charge in [0.25, 0.3) is 5.91 Å². The fourth-order valence-electron chi connectivity index (χ4n) is 4.43. The van der Waals surface area contributed by atoms with Crippen LogP contribution in [0.3, 0.4) is 0 Å².